The molecule has 5 nitrogen and oxygen atoms in total. The summed E-state index contributed by atoms with van der Waals surface area (Å²) >= 11 is 1.38. The van der Waals surface area contributed by atoms with Crippen molar-refractivity contribution in [3.63, 3.8) is 0 Å². The second-order valence-corrected chi connectivity index (χ2v) is 5.59. The Morgan fingerprint density at radius 1 is 1.31 bits per heavy atom. The fraction of sp³-hybridized carbons (Fsp3) is 0. The smallest absolute Gasteiger partial charge is 0.238 e. The van der Waals surface area contributed by atoms with Crippen LogP contribution in [0.5, 0.6) is 0 Å². The molecule has 16 heavy (non-hydrogen) atoms. The van der Waals surface area contributed by atoms with Crippen molar-refractivity contribution in [2.45, 2.75) is 4.90 Å². The number of thiazole rings is 1. The molecule has 0 radical (unpaired) electrons. The van der Waals surface area contributed by atoms with Gasteiger partial charge in [-0.2, -0.15) is 0 Å². The summed E-state index contributed by atoms with van der Waals surface area (Å²) in [7, 11) is -3.71. The Bertz CT molecular complexity index is 606. The maximum Gasteiger partial charge on any atom is 0.238 e. The molecule has 2 aromatic rings. The standard InChI is InChI=1S/C9H9N3O2S2/c10-8-2-1-6(16(11,13)14)5-7(8)9-12-3-4-15-9/h1-5H,10H2,(H2,11,13,14). The molecule has 1 heterocycles. The highest BCUT2D eigenvalue weighted by Gasteiger charge is 2.12. The molecule has 0 saturated carbocycles. The Morgan fingerprint density at radius 3 is 2.62 bits per heavy atom. The number of nitrogens with two attached hydrogens (primary N) is 2. The lowest BCUT2D eigenvalue weighted by Crippen LogP contribution is -2.12. The molecule has 0 aliphatic heterocycles. The molecular formula is C9H9N3O2S2. The summed E-state index contributed by atoms with van der Waals surface area (Å²) in [4.78, 5) is 4.11. The van der Waals surface area contributed by atoms with Gasteiger partial charge < -0.3 is 5.73 Å². The van der Waals surface area contributed by atoms with E-state index in [1.165, 1.54) is 29.5 Å². The van der Waals surface area contributed by atoms with Gasteiger partial charge in [0.1, 0.15) is 5.01 Å². The van der Waals surface area contributed by atoms with Gasteiger partial charge in [-0.1, -0.05) is 0 Å². The van der Waals surface area contributed by atoms with Crippen LogP contribution in [0.1, 0.15) is 0 Å². The number of nitrogens with zero attached hydrogens (tertiary/aromatic N) is 1. The van der Waals surface area contributed by atoms with Gasteiger partial charge in [-0.05, 0) is 18.2 Å². The summed E-state index contributed by atoms with van der Waals surface area (Å²) in [5.74, 6) is 0. The molecule has 1 aromatic heterocycles. The van der Waals surface area contributed by atoms with E-state index in [0.29, 0.717) is 16.3 Å². The third-order valence-electron chi connectivity index (χ3n) is 2.02. The predicted octanol–water partition coefficient (Wildman–Crippen LogP) is 1.04. The predicted molar refractivity (Wildman–Crippen MR) is 63.3 cm³/mol. The van der Waals surface area contributed by atoms with E-state index in [-0.39, 0.29) is 4.90 Å². The van der Waals surface area contributed by atoms with E-state index in [9.17, 15) is 8.42 Å². The van der Waals surface area contributed by atoms with Crippen molar-refractivity contribution in [3.05, 3.63) is 29.8 Å². The molecule has 0 atom stereocenters. The molecule has 0 saturated heterocycles. The summed E-state index contributed by atoms with van der Waals surface area (Å²) in [6, 6.07) is 4.32. The highest BCUT2D eigenvalue weighted by atomic mass is 32.2. The van der Waals surface area contributed by atoms with Gasteiger partial charge in [-0.15, -0.1) is 11.3 Å². The number of benzene rings is 1. The first-order valence-corrected chi connectivity index (χ1v) is 6.73. The van der Waals surface area contributed by atoms with Crippen LogP contribution in [0.3, 0.4) is 0 Å². The molecule has 0 spiro atoms. The van der Waals surface area contributed by atoms with Gasteiger partial charge in [-0.25, -0.2) is 18.5 Å². The number of hydrogen-bond donors (Lipinski definition) is 2. The average molecular weight is 255 g/mol. The fourth-order valence-corrected chi connectivity index (χ4v) is 2.47. The number of aromatic nitrogens is 1. The summed E-state index contributed by atoms with van der Waals surface area (Å²) < 4.78 is 22.4. The minimum Gasteiger partial charge on any atom is -0.398 e. The Kier molecular flexibility index (Phi) is 2.66. The Balaban J connectivity index is 2.63. The lowest BCUT2D eigenvalue weighted by atomic mass is 10.2. The number of primary sulfonamides is 1. The Hall–Kier alpha value is -1.44. The summed E-state index contributed by atoms with van der Waals surface area (Å²) in [6.45, 7) is 0. The van der Waals surface area contributed by atoms with Crippen molar-refractivity contribution < 1.29 is 8.42 Å². The largest absolute Gasteiger partial charge is 0.398 e. The van der Waals surface area contributed by atoms with Crippen LogP contribution in [0.15, 0.2) is 34.7 Å². The van der Waals surface area contributed by atoms with Crippen molar-refractivity contribution in [1.82, 2.24) is 4.98 Å². The monoisotopic (exact) mass is 255 g/mol. The first kappa shape index (κ1) is 11.1. The van der Waals surface area contributed by atoms with Gasteiger partial charge >= 0.3 is 0 Å². The van der Waals surface area contributed by atoms with E-state index >= 15 is 0 Å². The van der Waals surface area contributed by atoms with Crippen LogP contribution in [0.25, 0.3) is 10.6 Å². The van der Waals surface area contributed by atoms with E-state index in [2.05, 4.69) is 4.98 Å². The van der Waals surface area contributed by atoms with E-state index in [1.54, 1.807) is 11.6 Å². The van der Waals surface area contributed by atoms with Crippen molar-refractivity contribution >= 4 is 27.0 Å². The SMILES string of the molecule is Nc1ccc(S(N)(=O)=O)cc1-c1nccs1. The molecule has 84 valence electrons. The third-order valence-corrected chi connectivity index (χ3v) is 3.73. The van der Waals surface area contributed by atoms with Gasteiger partial charge in [0.05, 0.1) is 4.90 Å². The van der Waals surface area contributed by atoms with Crippen LogP contribution in [0, 0.1) is 0 Å². The second-order valence-electron chi connectivity index (χ2n) is 3.13. The minimum atomic E-state index is -3.71. The van der Waals surface area contributed by atoms with Crippen molar-refractivity contribution in [3.8, 4) is 10.6 Å². The van der Waals surface area contributed by atoms with Gasteiger partial charge in [0, 0.05) is 22.8 Å². The zero-order chi connectivity index (χ0) is 11.8. The van der Waals surface area contributed by atoms with E-state index in [4.69, 9.17) is 10.9 Å². The maximum atomic E-state index is 11.2. The van der Waals surface area contributed by atoms with E-state index in [0.717, 1.165) is 0 Å². The number of rotatable bonds is 2. The number of sulfonamides is 1. The van der Waals surface area contributed by atoms with Gasteiger partial charge in [-0.3, -0.25) is 0 Å². The minimum absolute atomic E-state index is 0.0342. The number of anilines is 1. The quantitative estimate of drug-likeness (QED) is 0.783. The highest BCUT2D eigenvalue weighted by Crippen LogP contribution is 2.29. The lowest BCUT2D eigenvalue weighted by Gasteiger charge is -2.04. The lowest BCUT2D eigenvalue weighted by molar-refractivity contribution is 0.598. The zero-order valence-electron chi connectivity index (χ0n) is 8.12. The number of nitrogen functional groups attached to an aromatic ring is 1. The molecule has 0 fully saturated rings. The molecule has 0 bridgehead atoms. The van der Waals surface area contributed by atoms with Crippen molar-refractivity contribution in [2.75, 3.05) is 5.73 Å². The highest BCUT2D eigenvalue weighted by molar-refractivity contribution is 7.89. The molecular weight excluding hydrogens is 246 g/mol. The first-order valence-electron chi connectivity index (χ1n) is 4.30. The topological polar surface area (TPSA) is 99.1 Å². The van der Waals surface area contributed by atoms with Crippen molar-refractivity contribution in [2.24, 2.45) is 5.14 Å². The van der Waals surface area contributed by atoms with E-state index < -0.39 is 10.0 Å². The van der Waals surface area contributed by atoms with E-state index in [1.807, 2.05) is 0 Å². The van der Waals surface area contributed by atoms with Gasteiger partial charge in [0.2, 0.25) is 10.0 Å². The summed E-state index contributed by atoms with van der Waals surface area (Å²) in [5, 5.41) is 7.50. The first-order chi connectivity index (χ1) is 7.48. The van der Waals surface area contributed by atoms with Crippen LogP contribution >= 0.6 is 11.3 Å². The molecule has 0 aliphatic carbocycles. The Morgan fingerprint density at radius 2 is 2.06 bits per heavy atom. The van der Waals surface area contributed by atoms with Crippen LogP contribution in [0.2, 0.25) is 0 Å². The second kappa shape index (κ2) is 3.85. The number of hydrogen-bond acceptors (Lipinski definition) is 5. The third kappa shape index (κ3) is 2.06. The average Bonchev–Trinajstić information content (AvgIpc) is 2.69. The zero-order valence-corrected chi connectivity index (χ0v) is 9.75. The van der Waals surface area contributed by atoms with Gasteiger partial charge in [0.15, 0.2) is 0 Å². The Labute approximate surface area is 96.8 Å². The molecule has 0 aliphatic rings. The molecule has 0 amide bonds. The molecule has 2 rings (SSSR count). The summed E-state index contributed by atoms with van der Waals surface area (Å²) in [5.41, 5.74) is 6.81. The maximum absolute atomic E-state index is 11.2. The van der Waals surface area contributed by atoms with Gasteiger partial charge in [0.25, 0.3) is 0 Å². The van der Waals surface area contributed by atoms with Crippen LogP contribution in [0.4, 0.5) is 5.69 Å². The fourth-order valence-electron chi connectivity index (χ4n) is 1.25. The molecule has 4 N–H and O–H groups in total. The summed E-state index contributed by atoms with van der Waals surface area (Å²) in [6.07, 6.45) is 1.63. The van der Waals surface area contributed by atoms with Crippen LogP contribution in [-0.2, 0) is 10.0 Å². The van der Waals surface area contributed by atoms with Crippen LogP contribution < -0.4 is 10.9 Å². The van der Waals surface area contributed by atoms with Crippen LogP contribution in [-0.4, -0.2) is 13.4 Å². The molecule has 7 heteroatoms. The molecule has 1 aromatic carbocycles. The normalized spacial score (nSPS) is 11.6. The van der Waals surface area contributed by atoms with Crippen molar-refractivity contribution in [1.29, 1.82) is 0 Å². The molecule has 0 unspecified atom stereocenters.